The number of furan rings is 1. The van der Waals surface area contributed by atoms with E-state index in [0.29, 0.717) is 29.1 Å². The van der Waals surface area contributed by atoms with Crippen LogP contribution < -0.4 is 5.38 Å². The van der Waals surface area contributed by atoms with Gasteiger partial charge in [-0.15, -0.1) is 0 Å². The van der Waals surface area contributed by atoms with Crippen LogP contribution in [0.4, 0.5) is 0 Å². The summed E-state index contributed by atoms with van der Waals surface area (Å²) in [7, 11) is -3.71. The SMILES string of the molecule is CC(=O)O[C@@H]1CCC[C@@H](/C(C)=C/CO[Si](C(C)C)(C(C)C)C(C)C)[C@@H]1Cc1cc(C)c([Si](C)(C)C(C)(C)C)o1. The number of carbonyl (C=O) groups excluding carboxylic acids is 1. The Morgan fingerprint density at radius 1 is 1.05 bits per heavy atom. The molecular weight excluding hydrogens is 517 g/mol. The van der Waals surface area contributed by atoms with E-state index in [4.69, 9.17) is 13.6 Å². The predicted molar refractivity (Wildman–Crippen MR) is 171 cm³/mol. The quantitative estimate of drug-likeness (QED) is 0.150. The van der Waals surface area contributed by atoms with Crippen molar-refractivity contribution < 1.29 is 18.4 Å². The zero-order valence-electron chi connectivity index (χ0n) is 27.8. The summed E-state index contributed by atoms with van der Waals surface area (Å²) in [6.45, 7) is 32.5. The van der Waals surface area contributed by atoms with E-state index < -0.39 is 16.4 Å². The second-order valence-electron chi connectivity index (χ2n) is 14.7. The van der Waals surface area contributed by atoms with Crippen LogP contribution in [-0.2, 0) is 20.4 Å². The molecule has 39 heavy (non-hydrogen) atoms. The van der Waals surface area contributed by atoms with E-state index in [0.717, 1.165) is 31.4 Å². The van der Waals surface area contributed by atoms with Crippen LogP contribution in [0.2, 0.25) is 34.8 Å². The Kier molecular flexibility index (Phi) is 11.6. The van der Waals surface area contributed by atoms with Gasteiger partial charge < -0.3 is 13.6 Å². The molecule has 0 aromatic carbocycles. The molecule has 1 aromatic heterocycles. The van der Waals surface area contributed by atoms with Gasteiger partial charge in [0.25, 0.3) is 0 Å². The Labute approximate surface area is 242 Å². The average Bonchev–Trinajstić information content (AvgIpc) is 3.16. The summed E-state index contributed by atoms with van der Waals surface area (Å²) in [4.78, 5) is 12.1. The molecule has 1 fully saturated rings. The number of aryl methyl sites for hydroxylation is 1. The summed E-state index contributed by atoms with van der Waals surface area (Å²) < 4.78 is 19.5. The zero-order chi connectivity index (χ0) is 29.9. The van der Waals surface area contributed by atoms with Crippen molar-refractivity contribution in [1.82, 2.24) is 0 Å². The van der Waals surface area contributed by atoms with Crippen molar-refractivity contribution in [3.63, 3.8) is 0 Å². The molecule has 1 aliphatic rings. The summed E-state index contributed by atoms with van der Waals surface area (Å²) in [5.74, 6) is 1.41. The fraction of sp³-hybridized carbons (Fsp3) is 0.788. The third-order valence-electron chi connectivity index (χ3n) is 10.2. The second-order valence-corrected chi connectivity index (χ2v) is 25.4. The summed E-state index contributed by atoms with van der Waals surface area (Å²) in [5.41, 5.74) is 4.34. The van der Waals surface area contributed by atoms with E-state index in [2.05, 4.69) is 101 Å². The van der Waals surface area contributed by atoms with Gasteiger partial charge in [0.1, 0.15) is 19.9 Å². The first-order chi connectivity index (χ1) is 17.9. The highest BCUT2D eigenvalue weighted by Crippen LogP contribution is 2.43. The fourth-order valence-corrected chi connectivity index (χ4v) is 14.7. The number of rotatable bonds is 11. The molecule has 1 saturated carbocycles. The van der Waals surface area contributed by atoms with Gasteiger partial charge in [-0.05, 0) is 72.3 Å². The van der Waals surface area contributed by atoms with Crippen molar-refractivity contribution in [2.24, 2.45) is 11.8 Å². The van der Waals surface area contributed by atoms with Gasteiger partial charge in [-0.2, -0.15) is 0 Å². The zero-order valence-corrected chi connectivity index (χ0v) is 29.8. The maximum Gasteiger partial charge on any atom is 0.302 e. The van der Waals surface area contributed by atoms with Crippen molar-refractivity contribution in [2.75, 3.05) is 6.61 Å². The van der Waals surface area contributed by atoms with Gasteiger partial charge in [-0.25, -0.2) is 0 Å². The van der Waals surface area contributed by atoms with Crippen molar-refractivity contribution in [3.05, 3.63) is 29.0 Å². The molecule has 0 unspecified atom stereocenters. The summed E-state index contributed by atoms with van der Waals surface area (Å²) in [6, 6.07) is 2.25. The highest BCUT2D eigenvalue weighted by atomic mass is 28.4. The lowest BCUT2D eigenvalue weighted by atomic mass is 9.72. The van der Waals surface area contributed by atoms with Gasteiger partial charge in [-0.1, -0.05) is 87.1 Å². The monoisotopic (exact) mass is 576 g/mol. The molecule has 1 aliphatic carbocycles. The molecule has 1 heterocycles. The Morgan fingerprint density at radius 3 is 2.10 bits per heavy atom. The Balaban J connectivity index is 2.37. The second kappa shape index (κ2) is 13.2. The van der Waals surface area contributed by atoms with Crippen molar-refractivity contribution in [1.29, 1.82) is 0 Å². The van der Waals surface area contributed by atoms with Crippen LogP contribution in [0.1, 0.15) is 107 Å². The smallest absolute Gasteiger partial charge is 0.302 e. The van der Waals surface area contributed by atoms with E-state index >= 15 is 0 Å². The molecule has 0 spiro atoms. The third kappa shape index (κ3) is 7.59. The normalized spacial score (nSPS) is 21.8. The molecule has 0 aliphatic heterocycles. The summed E-state index contributed by atoms with van der Waals surface area (Å²) in [5, 5.41) is 1.42. The van der Waals surface area contributed by atoms with E-state index in [1.54, 1.807) is 0 Å². The van der Waals surface area contributed by atoms with Crippen LogP contribution in [0.15, 0.2) is 22.1 Å². The topological polar surface area (TPSA) is 48.7 Å². The molecule has 0 saturated heterocycles. The maximum absolute atomic E-state index is 12.1. The van der Waals surface area contributed by atoms with E-state index in [1.807, 2.05) is 0 Å². The molecule has 1 aromatic rings. The van der Waals surface area contributed by atoms with Gasteiger partial charge in [-0.3, -0.25) is 4.79 Å². The van der Waals surface area contributed by atoms with E-state index in [1.165, 1.54) is 23.4 Å². The van der Waals surface area contributed by atoms with Gasteiger partial charge in [0.15, 0.2) is 0 Å². The first kappa shape index (κ1) is 34.1. The van der Waals surface area contributed by atoms with E-state index in [-0.39, 0.29) is 23.0 Å². The molecule has 224 valence electrons. The van der Waals surface area contributed by atoms with Crippen LogP contribution >= 0.6 is 0 Å². The van der Waals surface area contributed by atoms with Gasteiger partial charge in [0, 0.05) is 19.3 Å². The highest BCUT2D eigenvalue weighted by molar-refractivity contribution is 6.91. The van der Waals surface area contributed by atoms with Gasteiger partial charge in [0.2, 0.25) is 8.32 Å². The number of hydrogen-bond acceptors (Lipinski definition) is 4. The lowest BCUT2D eigenvalue weighted by Crippen LogP contribution is -2.49. The van der Waals surface area contributed by atoms with E-state index in [9.17, 15) is 4.79 Å². The Bertz CT molecular complexity index is 959. The number of carbonyl (C=O) groups is 1. The largest absolute Gasteiger partial charge is 0.471 e. The van der Waals surface area contributed by atoms with Crippen LogP contribution in [0.25, 0.3) is 0 Å². The molecule has 0 radical (unpaired) electrons. The Hall–Kier alpha value is -1.12. The van der Waals surface area contributed by atoms with Crippen molar-refractivity contribution in [2.45, 2.75) is 150 Å². The predicted octanol–water partition coefficient (Wildman–Crippen LogP) is 9.33. The number of ether oxygens (including phenoxy) is 1. The lowest BCUT2D eigenvalue weighted by molar-refractivity contribution is -0.152. The summed E-state index contributed by atoms with van der Waals surface area (Å²) >= 11 is 0. The minimum Gasteiger partial charge on any atom is -0.471 e. The minimum absolute atomic E-state index is 0.0808. The number of esters is 1. The summed E-state index contributed by atoms with van der Waals surface area (Å²) in [6.07, 6.45) is 6.15. The average molecular weight is 577 g/mol. The van der Waals surface area contributed by atoms with Crippen molar-refractivity contribution >= 4 is 27.7 Å². The molecule has 2 rings (SSSR count). The minimum atomic E-state index is -1.92. The maximum atomic E-state index is 12.1. The standard InChI is InChI=1S/C33H60O4Si2/c1-22(2)39(23(3)4,24(5)6)35-19-18-25(7)29-16-15-17-31(36-27(9)34)30(29)21-28-20-26(8)32(37-28)38(13,14)33(10,11)12/h18,20,22-24,29-31H,15-17,19,21H2,1-14H3/b25-18+/t29-,30-,31+/m0/s1. The molecule has 0 bridgehead atoms. The fourth-order valence-electron chi connectivity index (χ4n) is 7.24. The first-order valence-electron chi connectivity index (χ1n) is 15.4. The molecule has 4 nitrogen and oxygen atoms in total. The molecule has 3 atom stereocenters. The Morgan fingerprint density at radius 2 is 1.62 bits per heavy atom. The first-order valence-corrected chi connectivity index (χ1v) is 20.6. The lowest BCUT2D eigenvalue weighted by Gasteiger charge is -2.42. The highest BCUT2D eigenvalue weighted by Gasteiger charge is 2.45. The third-order valence-corrected chi connectivity index (χ3v) is 21.7. The molecule has 6 heteroatoms. The van der Waals surface area contributed by atoms with Crippen molar-refractivity contribution in [3.8, 4) is 0 Å². The number of hydrogen-bond donors (Lipinski definition) is 0. The van der Waals surface area contributed by atoms with Crippen LogP contribution in [0, 0.1) is 18.8 Å². The molecular formula is C33H60O4Si2. The molecule has 0 N–H and O–H groups in total. The van der Waals surface area contributed by atoms with Crippen LogP contribution in [-0.4, -0.2) is 35.1 Å². The van der Waals surface area contributed by atoms with Gasteiger partial charge in [0.05, 0.1) is 12.0 Å². The van der Waals surface area contributed by atoms with Gasteiger partial charge >= 0.3 is 5.97 Å². The molecule has 0 amide bonds. The number of allylic oxidation sites excluding steroid dienone is 1. The van der Waals surface area contributed by atoms with Crippen LogP contribution in [0.5, 0.6) is 0 Å². The van der Waals surface area contributed by atoms with Crippen LogP contribution in [0.3, 0.4) is 0 Å².